The maximum absolute atomic E-state index is 5.06. The normalized spacial score (nSPS) is 12.6. The molecule has 288 valence electrons. The number of hydrogen-bond acceptors (Lipinski definition) is 4. The van der Waals surface area contributed by atoms with Crippen molar-refractivity contribution in [2.75, 3.05) is 0 Å². The Bertz CT molecular complexity index is 3260. The molecule has 8 aromatic carbocycles. The summed E-state index contributed by atoms with van der Waals surface area (Å²) in [6.45, 7) is 4.74. The van der Waals surface area contributed by atoms with Crippen molar-refractivity contribution >= 4 is 10.8 Å². The SMILES string of the molecule is CC1(C)c2cccc(-c3cccc(-c4cccc(-c5cccc(-c6nc(-c7ccccc7)nc(-c7ccc(-c8ccccn8)cc7)n6)c5)c4)c3)c2-c2ccc3ccccc3c21. The summed E-state index contributed by atoms with van der Waals surface area (Å²) >= 11 is 0. The van der Waals surface area contributed by atoms with Crippen LogP contribution in [0.2, 0.25) is 0 Å². The number of aromatic nitrogens is 4. The van der Waals surface area contributed by atoms with Gasteiger partial charge in [-0.3, -0.25) is 4.98 Å². The van der Waals surface area contributed by atoms with Gasteiger partial charge in [0.1, 0.15) is 0 Å². The van der Waals surface area contributed by atoms with E-state index < -0.39 is 0 Å². The van der Waals surface area contributed by atoms with Crippen LogP contribution in [0.4, 0.5) is 0 Å². The number of benzene rings is 8. The summed E-state index contributed by atoms with van der Waals surface area (Å²) in [5.41, 5.74) is 17.1. The Morgan fingerprint density at radius 2 is 0.885 bits per heavy atom. The van der Waals surface area contributed by atoms with Crippen molar-refractivity contribution in [1.29, 1.82) is 0 Å². The summed E-state index contributed by atoms with van der Waals surface area (Å²) in [5, 5.41) is 2.62. The lowest BCUT2D eigenvalue weighted by Gasteiger charge is -2.23. The highest BCUT2D eigenvalue weighted by Gasteiger charge is 2.38. The maximum Gasteiger partial charge on any atom is 0.164 e. The first-order valence-electron chi connectivity index (χ1n) is 20.8. The van der Waals surface area contributed by atoms with Crippen LogP contribution in [-0.2, 0) is 5.41 Å². The molecule has 0 amide bonds. The van der Waals surface area contributed by atoms with Gasteiger partial charge in [-0.15, -0.1) is 0 Å². The zero-order chi connectivity index (χ0) is 40.9. The van der Waals surface area contributed by atoms with Gasteiger partial charge in [0.15, 0.2) is 17.5 Å². The molecular formula is C57H40N4. The van der Waals surface area contributed by atoms with E-state index >= 15 is 0 Å². The van der Waals surface area contributed by atoms with Crippen molar-refractivity contribution in [3.05, 3.63) is 218 Å². The smallest absolute Gasteiger partial charge is 0.164 e. The first kappa shape index (κ1) is 36.3. The number of nitrogens with zero attached hydrogens (tertiary/aromatic N) is 4. The van der Waals surface area contributed by atoms with Crippen LogP contribution in [0.15, 0.2) is 206 Å². The Labute approximate surface area is 356 Å². The minimum Gasteiger partial charge on any atom is -0.256 e. The molecule has 0 aliphatic heterocycles. The molecule has 0 radical (unpaired) electrons. The van der Waals surface area contributed by atoms with Crippen molar-refractivity contribution in [1.82, 2.24) is 19.9 Å². The van der Waals surface area contributed by atoms with Crippen molar-refractivity contribution < 1.29 is 0 Å². The fraction of sp³-hybridized carbons (Fsp3) is 0.0526. The van der Waals surface area contributed by atoms with Crippen molar-refractivity contribution in [3.8, 4) is 89.9 Å². The average molecular weight is 781 g/mol. The molecule has 0 saturated carbocycles. The molecule has 2 heterocycles. The van der Waals surface area contributed by atoms with Gasteiger partial charge in [0.25, 0.3) is 0 Å². The van der Waals surface area contributed by atoms with E-state index in [-0.39, 0.29) is 5.41 Å². The van der Waals surface area contributed by atoms with Crippen LogP contribution in [0.1, 0.15) is 25.0 Å². The molecule has 4 heteroatoms. The molecule has 61 heavy (non-hydrogen) atoms. The lowest BCUT2D eigenvalue weighted by molar-refractivity contribution is 0.666. The van der Waals surface area contributed by atoms with E-state index in [9.17, 15) is 0 Å². The molecule has 2 aromatic heterocycles. The first-order chi connectivity index (χ1) is 30.0. The summed E-state index contributed by atoms with van der Waals surface area (Å²) in [6, 6.07) is 70.8. The monoisotopic (exact) mass is 780 g/mol. The van der Waals surface area contributed by atoms with E-state index in [1.165, 1.54) is 49.7 Å². The minimum absolute atomic E-state index is 0.111. The predicted octanol–water partition coefficient (Wildman–Crippen LogP) is 14.4. The number of pyridine rings is 1. The quantitative estimate of drug-likeness (QED) is 0.162. The lowest BCUT2D eigenvalue weighted by atomic mass is 9.80. The fourth-order valence-corrected chi connectivity index (χ4v) is 9.15. The van der Waals surface area contributed by atoms with Crippen molar-refractivity contribution in [2.45, 2.75) is 19.3 Å². The molecule has 0 N–H and O–H groups in total. The molecule has 0 fully saturated rings. The lowest BCUT2D eigenvalue weighted by Crippen LogP contribution is -2.15. The third kappa shape index (κ3) is 6.50. The van der Waals surface area contributed by atoms with Crippen LogP contribution < -0.4 is 0 Å². The first-order valence-corrected chi connectivity index (χ1v) is 20.8. The predicted molar refractivity (Wildman–Crippen MR) is 251 cm³/mol. The van der Waals surface area contributed by atoms with Crippen LogP contribution >= 0.6 is 0 Å². The van der Waals surface area contributed by atoms with Crippen LogP contribution in [0, 0.1) is 0 Å². The Balaban J connectivity index is 0.949. The van der Waals surface area contributed by atoms with E-state index in [1.54, 1.807) is 0 Å². The largest absolute Gasteiger partial charge is 0.256 e. The van der Waals surface area contributed by atoms with Crippen molar-refractivity contribution in [2.24, 2.45) is 0 Å². The fourth-order valence-electron chi connectivity index (χ4n) is 9.15. The van der Waals surface area contributed by atoms with E-state index in [0.29, 0.717) is 17.5 Å². The molecule has 0 bridgehead atoms. The number of fused-ring (bicyclic) bond motifs is 5. The van der Waals surface area contributed by atoms with Crippen molar-refractivity contribution in [3.63, 3.8) is 0 Å². The third-order valence-electron chi connectivity index (χ3n) is 12.2. The Kier molecular flexibility index (Phi) is 8.79. The highest BCUT2D eigenvalue weighted by Crippen LogP contribution is 2.54. The Morgan fingerprint density at radius 1 is 0.361 bits per heavy atom. The number of hydrogen-bond donors (Lipinski definition) is 0. The molecule has 0 unspecified atom stereocenters. The van der Waals surface area contributed by atoms with Gasteiger partial charge in [-0.25, -0.2) is 15.0 Å². The summed E-state index contributed by atoms with van der Waals surface area (Å²) in [5.74, 6) is 1.87. The van der Waals surface area contributed by atoms with Gasteiger partial charge < -0.3 is 0 Å². The summed E-state index contributed by atoms with van der Waals surface area (Å²) in [4.78, 5) is 19.6. The summed E-state index contributed by atoms with van der Waals surface area (Å²) in [6.07, 6.45) is 1.81. The molecule has 4 nitrogen and oxygen atoms in total. The zero-order valence-corrected chi connectivity index (χ0v) is 33.9. The standard InChI is InChI=1S/C57H40N4/c1-57(2)50-25-13-24-47(52(50)49-32-31-37-14-6-7-23-48(37)53(49)57)45-21-11-19-43(35-45)41-17-10-18-42(34-41)44-20-12-22-46(36-44)56-60-54(39-15-4-3-5-16-39)59-55(61-56)40-29-27-38(28-30-40)51-26-8-9-33-58-51/h3-36H,1-2H3. The molecule has 11 rings (SSSR count). The van der Waals surface area contributed by atoms with Gasteiger partial charge in [-0.05, 0) is 96.7 Å². The Morgan fingerprint density at radius 3 is 1.57 bits per heavy atom. The highest BCUT2D eigenvalue weighted by atomic mass is 15.0. The topological polar surface area (TPSA) is 51.6 Å². The molecule has 10 aromatic rings. The van der Waals surface area contributed by atoms with E-state index in [1.807, 2.05) is 54.7 Å². The average Bonchev–Trinajstić information content (AvgIpc) is 3.58. The highest BCUT2D eigenvalue weighted by molar-refractivity contribution is 6.01. The van der Waals surface area contributed by atoms with Crippen LogP contribution in [0.25, 0.3) is 101 Å². The summed E-state index contributed by atoms with van der Waals surface area (Å²) < 4.78 is 0. The molecular weight excluding hydrogens is 741 g/mol. The second-order valence-electron chi connectivity index (χ2n) is 16.3. The Hall–Kier alpha value is -7.82. The van der Waals surface area contributed by atoms with Crippen LogP contribution in [-0.4, -0.2) is 19.9 Å². The van der Waals surface area contributed by atoms with E-state index in [0.717, 1.165) is 44.6 Å². The molecule has 1 aliphatic rings. The molecule has 1 aliphatic carbocycles. The molecule has 0 spiro atoms. The van der Waals surface area contributed by atoms with Crippen LogP contribution in [0.3, 0.4) is 0 Å². The molecule has 0 saturated heterocycles. The van der Waals surface area contributed by atoms with Crippen LogP contribution in [0.5, 0.6) is 0 Å². The van der Waals surface area contributed by atoms with E-state index in [2.05, 4.69) is 170 Å². The second-order valence-corrected chi connectivity index (χ2v) is 16.3. The maximum atomic E-state index is 5.06. The van der Waals surface area contributed by atoms with Gasteiger partial charge in [0, 0.05) is 33.9 Å². The van der Waals surface area contributed by atoms with E-state index in [4.69, 9.17) is 15.0 Å². The van der Waals surface area contributed by atoms with Gasteiger partial charge in [0.2, 0.25) is 0 Å². The van der Waals surface area contributed by atoms with Gasteiger partial charge in [-0.1, -0.05) is 184 Å². The summed E-state index contributed by atoms with van der Waals surface area (Å²) in [7, 11) is 0. The second kappa shape index (κ2) is 14.8. The zero-order valence-electron chi connectivity index (χ0n) is 33.9. The number of rotatable bonds is 7. The molecule has 0 atom stereocenters. The van der Waals surface area contributed by atoms with Gasteiger partial charge in [0.05, 0.1) is 5.69 Å². The van der Waals surface area contributed by atoms with Gasteiger partial charge in [-0.2, -0.15) is 0 Å². The third-order valence-corrected chi connectivity index (χ3v) is 12.2. The minimum atomic E-state index is -0.111. The van der Waals surface area contributed by atoms with Gasteiger partial charge >= 0.3 is 0 Å².